The number of ether oxygens (including phenoxy) is 1. The number of carbonyl (C=O) groups is 1. The van der Waals surface area contributed by atoms with E-state index in [9.17, 15) is 9.59 Å². The van der Waals surface area contributed by atoms with Crippen molar-refractivity contribution in [1.29, 1.82) is 0 Å². The van der Waals surface area contributed by atoms with E-state index in [4.69, 9.17) is 14.3 Å². The SMILES string of the molecule is Cc1cc(=O)oc2c(C)c(O[C@H](C)C(=O)NCCCO)ccc12. The van der Waals surface area contributed by atoms with Crippen molar-refractivity contribution in [3.63, 3.8) is 0 Å². The Bertz CT molecular complexity index is 765. The number of aliphatic hydroxyl groups is 1. The average Bonchev–Trinajstić information content (AvgIpc) is 2.50. The third kappa shape index (κ3) is 3.90. The zero-order valence-corrected chi connectivity index (χ0v) is 13.5. The summed E-state index contributed by atoms with van der Waals surface area (Å²) < 4.78 is 11.0. The Labute approximate surface area is 134 Å². The first-order valence-electron chi connectivity index (χ1n) is 7.53. The molecule has 1 aromatic carbocycles. The van der Waals surface area contributed by atoms with Crippen molar-refractivity contribution < 1.29 is 19.1 Å². The minimum atomic E-state index is -0.693. The van der Waals surface area contributed by atoms with Crippen LogP contribution >= 0.6 is 0 Å². The minimum absolute atomic E-state index is 0.0255. The standard InChI is InChI=1S/C17H21NO5/c1-10-9-15(20)23-16-11(2)14(6-5-13(10)16)22-12(3)17(21)18-7-4-8-19/h5-6,9,12,19H,4,7-8H2,1-3H3,(H,18,21)/t12-/m1/s1. The molecule has 1 atom stereocenters. The molecule has 0 saturated carbocycles. The monoisotopic (exact) mass is 319 g/mol. The molecule has 1 aromatic heterocycles. The van der Waals surface area contributed by atoms with Gasteiger partial charge in [-0.05, 0) is 44.9 Å². The summed E-state index contributed by atoms with van der Waals surface area (Å²) in [5, 5.41) is 12.2. The van der Waals surface area contributed by atoms with Crippen molar-refractivity contribution in [3.8, 4) is 5.75 Å². The van der Waals surface area contributed by atoms with Crippen LogP contribution in [0.3, 0.4) is 0 Å². The molecule has 2 rings (SSSR count). The summed E-state index contributed by atoms with van der Waals surface area (Å²) in [7, 11) is 0. The number of carbonyl (C=O) groups excluding carboxylic acids is 1. The maximum Gasteiger partial charge on any atom is 0.336 e. The van der Waals surface area contributed by atoms with E-state index in [1.54, 1.807) is 19.9 Å². The summed E-state index contributed by atoms with van der Waals surface area (Å²) in [5.74, 6) is 0.236. The normalized spacial score (nSPS) is 12.2. The van der Waals surface area contributed by atoms with Crippen LogP contribution in [0, 0.1) is 13.8 Å². The van der Waals surface area contributed by atoms with Gasteiger partial charge < -0.3 is 19.6 Å². The van der Waals surface area contributed by atoms with Crippen molar-refractivity contribution in [3.05, 3.63) is 39.7 Å². The van der Waals surface area contributed by atoms with Gasteiger partial charge in [-0.2, -0.15) is 0 Å². The third-order valence-corrected chi connectivity index (χ3v) is 3.63. The quantitative estimate of drug-likeness (QED) is 0.624. The Balaban J connectivity index is 2.22. The Morgan fingerprint density at radius 3 is 2.83 bits per heavy atom. The van der Waals surface area contributed by atoms with Crippen LogP contribution in [0.5, 0.6) is 5.75 Å². The van der Waals surface area contributed by atoms with Gasteiger partial charge >= 0.3 is 5.63 Å². The molecule has 2 N–H and O–H groups in total. The number of aryl methyl sites for hydroxylation is 2. The maximum absolute atomic E-state index is 11.9. The second-order valence-electron chi connectivity index (χ2n) is 5.44. The fourth-order valence-corrected chi connectivity index (χ4v) is 2.31. The van der Waals surface area contributed by atoms with E-state index in [0.29, 0.717) is 29.9 Å². The molecule has 1 amide bonds. The highest BCUT2D eigenvalue weighted by molar-refractivity contribution is 5.85. The molecule has 0 unspecified atom stereocenters. The van der Waals surface area contributed by atoms with Crippen molar-refractivity contribution in [1.82, 2.24) is 5.32 Å². The molecule has 0 spiro atoms. The number of hydrogen-bond donors (Lipinski definition) is 2. The molecule has 0 radical (unpaired) electrons. The number of fused-ring (bicyclic) bond motifs is 1. The van der Waals surface area contributed by atoms with E-state index < -0.39 is 11.7 Å². The van der Waals surface area contributed by atoms with Crippen molar-refractivity contribution in [2.75, 3.05) is 13.2 Å². The topological polar surface area (TPSA) is 88.8 Å². The van der Waals surface area contributed by atoms with Gasteiger partial charge in [0.05, 0.1) is 0 Å². The predicted molar refractivity (Wildman–Crippen MR) is 86.8 cm³/mol. The first kappa shape index (κ1) is 17.0. The van der Waals surface area contributed by atoms with Crippen molar-refractivity contribution in [2.45, 2.75) is 33.3 Å². The summed E-state index contributed by atoms with van der Waals surface area (Å²) in [4.78, 5) is 23.5. The largest absolute Gasteiger partial charge is 0.480 e. The van der Waals surface area contributed by atoms with Gasteiger partial charge in [0.2, 0.25) is 0 Å². The molecule has 124 valence electrons. The smallest absolute Gasteiger partial charge is 0.336 e. The van der Waals surface area contributed by atoms with E-state index >= 15 is 0 Å². The molecule has 0 fully saturated rings. The summed E-state index contributed by atoms with van der Waals surface area (Å²) in [6.45, 7) is 5.70. The Morgan fingerprint density at radius 1 is 1.39 bits per heavy atom. The van der Waals surface area contributed by atoms with Gasteiger partial charge in [-0.25, -0.2) is 4.79 Å². The van der Waals surface area contributed by atoms with Gasteiger partial charge in [-0.15, -0.1) is 0 Å². The molecule has 6 heteroatoms. The van der Waals surface area contributed by atoms with Gasteiger partial charge in [-0.1, -0.05) is 0 Å². The number of benzene rings is 1. The lowest BCUT2D eigenvalue weighted by molar-refractivity contribution is -0.127. The second kappa shape index (κ2) is 7.28. The molecule has 0 bridgehead atoms. The molecule has 0 aliphatic carbocycles. The zero-order chi connectivity index (χ0) is 17.0. The third-order valence-electron chi connectivity index (χ3n) is 3.63. The first-order chi connectivity index (χ1) is 10.9. The van der Waals surface area contributed by atoms with Crippen LogP contribution in [-0.2, 0) is 4.79 Å². The summed E-state index contributed by atoms with van der Waals surface area (Å²) in [5.41, 5.74) is 1.57. The average molecular weight is 319 g/mol. The van der Waals surface area contributed by atoms with E-state index in [0.717, 1.165) is 10.9 Å². The van der Waals surface area contributed by atoms with Crippen LogP contribution in [0.2, 0.25) is 0 Å². The first-order valence-corrected chi connectivity index (χ1v) is 7.53. The fourth-order valence-electron chi connectivity index (χ4n) is 2.31. The minimum Gasteiger partial charge on any atom is -0.480 e. The number of aliphatic hydroxyl groups excluding tert-OH is 1. The maximum atomic E-state index is 11.9. The fraction of sp³-hybridized carbons (Fsp3) is 0.412. The van der Waals surface area contributed by atoms with E-state index in [1.807, 2.05) is 13.0 Å². The number of rotatable bonds is 6. The Morgan fingerprint density at radius 2 is 2.13 bits per heavy atom. The molecule has 6 nitrogen and oxygen atoms in total. The van der Waals surface area contributed by atoms with Crippen LogP contribution in [0.25, 0.3) is 11.0 Å². The summed E-state index contributed by atoms with van der Waals surface area (Å²) >= 11 is 0. The molecule has 0 aliphatic heterocycles. The van der Waals surface area contributed by atoms with Gasteiger partial charge in [0.15, 0.2) is 6.10 Å². The summed E-state index contributed by atoms with van der Waals surface area (Å²) in [6.07, 6.45) is -0.195. The Kier molecular flexibility index (Phi) is 5.39. The van der Waals surface area contributed by atoms with E-state index in [2.05, 4.69) is 5.32 Å². The second-order valence-corrected chi connectivity index (χ2v) is 5.44. The number of amides is 1. The van der Waals surface area contributed by atoms with E-state index in [1.165, 1.54) is 6.07 Å². The molecular weight excluding hydrogens is 298 g/mol. The van der Waals surface area contributed by atoms with Crippen LogP contribution in [0.15, 0.2) is 27.4 Å². The molecule has 0 saturated heterocycles. The summed E-state index contributed by atoms with van der Waals surface area (Å²) in [6, 6.07) is 5.02. The molecule has 1 heterocycles. The zero-order valence-electron chi connectivity index (χ0n) is 13.5. The van der Waals surface area contributed by atoms with Crippen molar-refractivity contribution in [2.24, 2.45) is 0 Å². The van der Waals surface area contributed by atoms with Crippen LogP contribution in [0.4, 0.5) is 0 Å². The number of nitrogens with one attached hydrogen (secondary N) is 1. The van der Waals surface area contributed by atoms with Crippen LogP contribution in [-0.4, -0.2) is 30.3 Å². The van der Waals surface area contributed by atoms with Gasteiger partial charge in [0, 0.05) is 30.2 Å². The lowest BCUT2D eigenvalue weighted by Gasteiger charge is -2.17. The number of hydrogen-bond acceptors (Lipinski definition) is 5. The highest BCUT2D eigenvalue weighted by atomic mass is 16.5. The van der Waals surface area contributed by atoms with Gasteiger partial charge in [-0.3, -0.25) is 4.79 Å². The predicted octanol–water partition coefficient (Wildman–Crippen LogP) is 1.68. The molecule has 2 aromatic rings. The lowest BCUT2D eigenvalue weighted by Crippen LogP contribution is -2.37. The molecule has 0 aliphatic rings. The van der Waals surface area contributed by atoms with Gasteiger partial charge in [0.25, 0.3) is 5.91 Å². The lowest BCUT2D eigenvalue weighted by atomic mass is 10.1. The van der Waals surface area contributed by atoms with Crippen molar-refractivity contribution >= 4 is 16.9 Å². The molecule has 23 heavy (non-hydrogen) atoms. The van der Waals surface area contributed by atoms with Crippen LogP contribution in [0.1, 0.15) is 24.5 Å². The van der Waals surface area contributed by atoms with Gasteiger partial charge in [0.1, 0.15) is 11.3 Å². The van der Waals surface area contributed by atoms with E-state index in [-0.39, 0.29) is 12.5 Å². The molecular formula is C17H21NO5. The van der Waals surface area contributed by atoms with Crippen LogP contribution < -0.4 is 15.7 Å². The highest BCUT2D eigenvalue weighted by Gasteiger charge is 2.17. The Hall–Kier alpha value is -2.34. The highest BCUT2D eigenvalue weighted by Crippen LogP contribution is 2.28.